The molecule has 5 heteroatoms. The van der Waals surface area contributed by atoms with Crippen molar-refractivity contribution in [3.8, 4) is 0 Å². The Balaban J connectivity index is 2.19. The van der Waals surface area contributed by atoms with Gasteiger partial charge < -0.3 is 11.1 Å². The summed E-state index contributed by atoms with van der Waals surface area (Å²) in [6, 6.07) is 3.62. The number of nitrogens with two attached hydrogens (primary N) is 1. The summed E-state index contributed by atoms with van der Waals surface area (Å²) in [5, 5.41) is 3.47. The standard InChI is InChI=1S/C13H16BrClN2O/c1-7-5-9(14)11(6-10(7)15)17-12(18)13(2,16)8-3-4-8/h5-6,8H,3-4,16H2,1-2H3,(H,17,18). The number of rotatable bonds is 3. The van der Waals surface area contributed by atoms with Gasteiger partial charge in [0.15, 0.2) is 0 Å². The first-order valence-electron chi connectivity index (χ1n) is 5.88. The molecule has 0 saturated heterocycles. The number of benzene rings is 1. The largest absolute Gasteiger partial charge is 0.323 e. The average Bonchev–Trinajstić information content (AvgIpc) is 3.09. The van der Waals surface area contributed by atoms with E-state index in [1.807, 2.05) is 13.0 Å². The molecule has 18 heavy (non-hydrogen) atoms. The van der Waals surface area contributed by atoms with Crippen molar-refractivity contribution in [2.45, 2.75) is 32.2 Å². The second-order valence-corrected chi connectivity index (χ2v) is 6.35. The summed E-state index contributed by atoms with van der Waals surface area (Å²) in [6.45, 7) is 3.69. The SMILES string of the molecule is Cc1cc(Br)c(NC(=O)C(C)(N)C2CC2)cc1Cl. The van der Waals surface area contributed by atoms with E-state index in [0.29, 0.717) is 10.7 Å². The fourth-order valence-electron chi connectivity index (χ4n) is 1.87. The van der Waals surface area contributed by atoms with E-state index in [4.69, 9.17) is 17.3 Å². The van der Waals surface area contributed by atoms with E-state index in [-0.39, 0.29) is 11.8 Å². The second kappa shape index (κ2) is 4.83. The van der Waals surface area contributed by atoms with Crippen LogP contribution in [0.1, 0.15) is 25.3 Å². The second-order valence-electron chi connectivity index (χ2n) is 5.09. The molecule has 0 spiro atoms. The molecule has 0 bridgehead atoms. The maximum atomic E-state index is 12.2. The number of hydrogen-bond acceptors (Lipinski definition) is 2. The van der Waals surface area contributed by atoms with Crippen LogP contribution in [0.25, 0.3) is 0 Å². The van der Waals surface area contributed by atoms with Crippen LogP contribution < -0.4 is 11.1 Å². The molecule has 3 N–H and O–H groups in total. The third-order valence-corrected chi connectivity index (χ3v) is 4.47. The summed E-state index contributed by atoms with van der Waals surface area (Å²) >= 11 is 9.47. The molecule has 1 aliphatic carbocycles. The van der Waals surface area contributed by atoms with Gasteiger partial charge in [-0.25, -0.2) is 0 Å². The molecule has 0 heterocycles. The summed E-state index contributed by atoms with van der Waals surface area (Å²) in [6.07, 6.45) is 2.05. The molecular formula is C13H16BrClN2O. The fourth-order valence-corrected chi connectivity index (χ4v) is 2.59. The van der Waals surface area contributed by atoms with E-state index in [0.717, 1.165) is 22.9 Å². The van der Waals surface area contributed by atoms with Crippen LogP contribution in [0.2, 0.25) is 5.02 Å². The fraction of sp³-hybridized carbons (Fsp3) is 0.462. The molecule has 1 fully saturated rings. The first kappa shape index (κ1) is 13.8. The number of carbonyl (C=O) groups is 1. The summed E-state index contributed by atoms with van der Waals surface area (Å²) in [7, 11) is 0. The molecular weight excluding hydrogens is 316 g/mol. The maximum absolute atomic E-state index is 12.2. The number of anilines is 1. The van der Waals surface area contributed by atoms with Crippen molar-refractivity contribution in [1.29, 1.82) is 0 Å². The van der Waals surface area contributed by atoms with Crippen molar-refractivity contribution < 1.29 is 4.79 Å². The monoisotopic (exact) mass is 330 g/mol. The molecule has 0 radical (unpaired) electrons. The third kappa shape index (κ3) is 2.71. The lowest BCUT2D eigenvalue weighted by Gasteiger charge is -2.23. The molecule has 1 amide bonds. The summed E-state index contributed by atoms with van der Waals surface area (Å²) in [5.41, 5.74) is 6.88. The van der Waals surface area contributed by atoms with Crippen molar-refractivity contribution in [1.82, 2.24) is 0 Å². The minimum atomic E-state index is -0.809. The van der Waals surface area contributed by atoms with E-state index < -0.39 is 5.54 Å². The van der Waals surface area contributed by atoms with Crippen LogP contribution in [0, 0.1) is 12.8 Å². The Bertz CT molecular complexity index is 498. The molecule has 3 nitrogen and oxygen atoms in total. The van der Waals surface area contributed by atoms with E-state index in [9.17, 15) is 4.79 Å². The predicted octanol–water partition coefficient (Wildman–Crippen LogP) is 3.48. The Hall–Kier alpha value is -0.580. The Morgan fingerprint density at radius 1 is 1.56 bits per heavy atom. The Labute approximate surface area is 120 Å². The van der Waals surface area contributed by atoms with Gasteiger partial charge in [-0.1, -0.05) is 11.6 Å². The first-order valence-corrected chi connectivity index (χ1v) is 7.05. The van der Waals surface area contributed by atoms with Crippen molar-refractivity contribution in [3.63, 3.8) is 0 Å². The number of nitrogens with one attached hydrogen (secondary N) is 1. The van der Waals surface area contributed by atoms with Crippen molar-refractivity contribution in [2.75, 3.05) is 5.32 Å². The van der Waals surface area contributed by atoms with Gasteiger partial charge in [-0.2, -0.15) is 0 Å². The highest BCUT2D eigenvalue weighted by molar-refractivity contribution is 9.10. The van der Waals surface area contributed by atoms with Gasteiger partial charge >= 0.3 is 0 Å². The lowest BCUT2D eigenvalue weighted by atomic mass is 9.96. The molecule has 1 unspecified atom stereocenters. The average molecular weight is 332 g/mol. The van der Waals surface area contributed by atoms with Gasteiger partial charge in [-0.05, 0) is 66.2 Å². The van der Waals surface area contributed by atoms with E-state index in [1.165, 1.54) is 0 Å². The van der Waals surface area contributed by atoms with Gasteiger partial charge in [0.2, 0.25) is 5.91 Å². The van der Waals surface area contributed by atoms with Gasteiger partial charge in [0, 0.05) is 9.50 Å². The lowest BCUT2D eigenvalue weighted by molar-refractivity contribution is -0.121. The highest BCUT2D eigenvalue weighted by atomic mass is 79.9. The van der Waals surface area contributed by atoms with Gasteiger partial charge in [0.1, 0.15) is 0 Å². The van der Waals surface area contributed by atoms with E-state index in [2.05, 4.69) is 21.2 Å². The predicted molar refractivity (Wildman–Crippen MR) is 77.8 cm³/mol. The van der Waals surface area contributed by atoms with Gasteiger partial charge in [-0.15, -0.1) is 0 Å². The van der Waals surface area contributed by atoms with E-state index in [1.54, 1.807) is 13.0 Å². The summed E-state index contributed by atoms with van der Waals surface area (Å²) in [5.74, 6) is 0.128. The molecule has 1 aliphatic rings. The van der Waals surface area contributed by atoms with Gasteiger partial charge in [0.05, 0.1) is 11.2 Å². The van der Waals surface area contributed by atoms with Crippen LogP contribution in [-0.4, -0.2) is 11.4 Å². The molecule has 1 saturated carbocycles. The molecule has 2 rings (SSSR count). The topological polar surface area (TPSA) is 55.1 Å². The summed E-state index contributed by atoms with van der Waals surface area (Å²) in [4.78, 5) is 12.2. The number of amides is 1. The maximum Gasteiger partial charge on any atom is 0.244 e. The normalized spacial score (nSPS) is 18.3. The highest BCUT2D eigenvalue weighted by Crippen LogP contribution is 2.39. The third-order valence-electron chi connectivity index (χ3n) is 3.41. The number of hydrogen-bond donors (Lipinski definition) is 2. The quantitative estimate of drug-likeness (QED) is 0.891. The van der Waals surface area contributed by atoms with Crippen LogP contribution in [0.15, 0.2) is 16.6 Å². The number of carbonyl (C=O) groups excluding carboxylic acids is 1. The van der Waals surface area contributed by atoms with Gasteiger partial charge in [-0.3, -0.25) is 4.79 Å². The van der Waals surface area contributed by atoms with Crippen LogP contribution in [0.3, 0.4) is 0 Å². The van der Waals surface area contributed by atoms with Crippen molar-refractivity contribution in [2.24, 2.45) is 11.7 Å². The van der Waals surface area contributed by atoms with Crippen molar-refractivity contribution >= 4 is 39.1 Å². The zero-order chi connectivity index (χ0) is 13.5. The lowest BCUT2D eigenvalue weighted by Crippen LogP contribution is -2.50. The highest BCUT2D eigenvalue weighted by Gasteiger charge is 2.44. The van der Waals surface area contributed by atoms with Crippen LogP contribution in [-0.2, 0) is 4.79 Å². The molecule has 1 atom stereocenters. The van der Waals surface area contributed by atoms with Crippen LogP contribution in [0.4, 0.5) is 5.69 Å². The smallest absolute Gasteiger partial charge is 0.244 e. The zero-order valence-electron chi connectivity index (χ0n) is 10.4. The zero-order valence-corrected chi connectivity index (χ0v) is 12.7. The number of halogens is 2. The minimum Gasteiger partial charge on any atom is -0.323 e. The van der Waals surface area contributed by atoms with Crippen molar-refractivity contribution in [3.05, 3.63) is 27.2 Å². The molecule has 0 aliphatic heterocycles. The van der Waals surface area contributed by atoms with Crippen LogP contribution >= 0.6 is 27.5 Å². The number of aryl methyl sites for hydroxylation is 1. The Morgan fingerprint density at radius 2 is 2.17 bits per heavy atom. The molecule has 1 aromatic carbocycles. The molecule has 98 valence electrons. The Morgan fingerprint density at radius 3 is 2.72 bits per heavy atom. The summed E-state index contributed by atoms with van der Waals surface area (Å²) < 4.78 is 0.810. The molecule has 0 aromatic heterocycles. The van der Waals surface area contributed by atoms with Crippen LogP contribution in [0.5, 0.6) is 0 Å². The van der Waals surface area contributed by atoms with Gasteiger partial charge in [0.25, 0.3) is 0 Å². The Kier molecular flexibility index (Phi) is 3.72. The first-order chi connectivity index (χ1) is 8.32. The molecule has 1 aromatic rings. The minimum absolute atomic E-state index is 0.161. The van der Waals surface area contributed by atoms with E-state index >= 15 is 0 Å².